The molecule has 3 heterocycles. The van der Waals surface area contributed by atoms with Crippen LogP contribution in [0.15, 0.2) is 73.2 Å². The van der Waals surface area contributed by atoms with Crippen LogP contribution < -0.4 is 4.74 Å². The van der Waals surface area contributed by atoms with E-state index in [2.05, 4.69) is 65.2 Å². The number of rotatable bonds is 12. The van der Waals surface area contributed by atoms with Crippen LogP contribution in [0, 0.1) is 12.3 Å². The normalized spacial score (nSPS) is 16.1. The molecule has 2 atom stereocenters. The van der Waals surface area contributed by atoms with Gasteiger partial charge < -0.3 is 9.47 Å². The molecule has 2 aromatic heterocycles. The monoisotopic (exact) mass is 595 g/mol. The van der Waals surface area contributed by atoms with Crippen LogP contribution in [0.1, 0.15) is 80.0 Å². The summed E-state index contributed by atoms with van der Waals surface area (Å²) in [6, 6.07) is 18.6. The van der Waals surface area contributed by atoms with Gasteiger partial charge >= 0.3 is 5.97 Å². The van der Waals surface area contributed by atoms with Crippen molar-refractivity contribution in [3.8, 4) is 5.75 Å². The SMILES string of the molecule is CC[C@@H]1CN(Cc2cc(C(CCc3cn(CC)nn3)C(C)(C)C(=O)OCc3ccccc3)ccc2C)Cc2ccncc2O1. The minimum Gasteiger partial charge on any atom is -0.487 e. The first kappa shape index (κ1) is 31.4. The molecule has 8 heteroatoms. The molecule has 0 radical (unpaired) electrons. The molecule has 1 aliphatic heterocycles. The van der Waals surface area contributed by atoms with Crippen LogP contribution in [0.4, 0.5) is 0 Å². The molecule has 5 rings (SSSR count). The van der Waals surface area contributed by atoms with Crippen LogP contribution in [0.25, 0.3) is 0 Å². The summed E-state index contributed by atoms with van der Waals surface area (Å²) < 4.78 is 14.1. The second kappa shape index (κ2) is 14.2. The number of benzene rings is 2. The third-order valence-corrected chi connectivity index (χ3v) is 8.85. The Morgan fingerprint density at radius 1 is 1.14 bits per heavy atom. The van der Waals surface area contributed by atoms with Crippen molar-refractivity contribution in [2.45, 2.75) is 92.1 Å². The van der Waals surface area contributed by atoms with Gasteiger partial charge in [0, 0.05) is 44.1 Å². The van der Waals surface area contributed by atoms with Gasteiger partial charge in [0.05, 0.1) is 17.3 Å². The molecule has 0 saturated heterocycles. The quantitative estimate of drug-likeness (QED) is 0.169. The molecule has 0 bridgehead atoms. The fraction of sp³-hybridized carbons (Fsp3) is 0.444. The fourth-order valence-corrected chi connectivity index (χ4v) is 6.00. The van der Waals surface area contributed by atoms with Crippen molar-refractivity contribution < 1.29 is 14.3 Å². The Balaban J connectivity index is 1.41. The molecule has 2 aromatic carbocycles. The van der Waals surface area contributed by atoms with Gasteiger partial charge in [-0.05, 0) is 81.2 Å². The lowest BCUT2D eigenvalue weighted by molar-refractivity contribution is -0.156. The second-order valence-electron chi connectivity index (χ2n) is 12.4. The maximum absolute atomic E-state index is 13.7. The maximum Gasteiger partial charge on any atom is 0.312 e. The van der Waals surface area contributed by atoms with Crippen molar-refractivity contribution >= 4 is 5.97 Å². The highest BCUT2D eigenvalue weighted by Gasteiger charge is 2.39. The Morgan fingerprint density at radius 3 is 2.70 bits per heavy atom. The van der Waals surface area contributed by atoms with Gasteiger partial charge in [-0.1, -0.05) is 60.7 Å². The van der Waals surface area contributed by atoms with Crippen LogP contribution in [0.5, 0.6) is 5.75 Å². The summed E-state index contributed by atoms with van der Waals surface area (Å²) in [5.74, 6) is 0.592. The number of pyridine rings is 1. The largest absolute Gasteiger partial charge is 0.487 e. The standard InChI is InChI=1S/C36H45N5O3/c1-6-32-24-40(21-29-17-18-37-20-34(29)44-32)22-30-19-28(14-13-26(30)3)33(16-15-31-23-41(7-2)39-38-31)36(4,5)35(42)43-25-27-11-9-8-10-12-27/h8-14,17-20,23,32-33H,6-7,15-16,21-22,24-25H2,1-5H3/t32-,33?/m1/s1. The Hall–Kier alpha value is -4.04. The number of esters is 1. The van der Waals surface area contributed by atoms with E-state index in [1.54, 1.807) is 0 Å². The van der Waals surface area contributed by atoms with E-state index >= 15 is 0 Å². The van der Waals surface area contributed by atoms with Gasteiger partial charge in [-0.15, -0.1) is 5.10 Å². The second-order valence-corrected chi connectivity index (χ2v) is 12.4. The lowest BCUT2D eigenvalue weighted by Crippen LogP contribution is -2.34. The zero-order valence-electron chi connectivity index (χ0n) is 26.7. The minimum atomic E-state index is -0.766. The van der Waals surface area contributed by atoms with E-state index in [0.717, 1.165) is 73.6 Å². The van der Waals surface area contributed by atoms with Gasteiger partial charge in [0.15, 0.2) is 0 Å². The molecule has 4 aromatic rings. The Labute approximate surface area is 261 Å². The highest BCUT2D eigenvalue weighted by atomic mass is 16.5. The summed E-state index contributed by atoms with van der Waals surface area (Å²) >= 11 is 0. The van der Waals surface area contributed by atoms with E-state index in [0.29, 0.717) is 0 Å². The molecule has 232 valence electrons. The van der Waals surface area contributed by atoms with Gasteiger partial charge in [0.2, 0.25) is 0 Å². The minimum absolute atomic E-state index is 0.0837. The third-order valence-electron chi connectivity index (χ3n) is 8.85. The Kier molecular flexibility index (Phi) is 10.1. The molecular formula is C36H45N5O3. The number of carbonyl (C=O) groups is 1. The zero-order valence-corrected chi connectivity index (χ0v) is 26.7. The fourth-order valence-electron chi connectivity index (χ4n) is 6.00. The molecule has 1 unspecified atom stereocenters. The van der Waals surface area contributed by atoms with Crippen LogP contribution in [0.2, 0.25) is 0 Å². The van der Waals surface area contributed by atoms with Gasteiger partial charge in [-0.25, -0.2) is 0 Å². The first-order valence-electron chi connectivity index (χ1n) is 15.8. The number of fused-ring (bicyclic) bond motifs is 1. The molecule has 44 heavy (non-hydrogen) atoms. The average molecular weight is 596 g/mol. The average Bonchev–Trinajstić information content (AvgIpc) is 3.42. The smallest absolute Gasteiger partial charge is 0.312 e. The van der Waals surface area contributed by atoms with E-state index in [1.165, 1.54) is 11.1 Å². The van der Waals surface area contributed by atoms with Crippen molar-refractivity contribution in [3.05, 3.63) is 107 Å². The summed E-state index contributed by atoms with van der Waals surface area (Å²) in [5.41, 5.74) is 5.92. The van der Waals surface area contributed by atoms with E-state index in [9.17, 15) is 4.79 Å². The maximum atomic E-state index is 13.7. The lowest BCUT2D eigenvalue weighted by Gasteiger charge is -2.33. The van der Waals surface area contributed by atoms with Crippen molar-refractivity contribution in [1.29, 1.82) is 0 Å². The van der Waals surface area contributed by atoms with Crippen molar-refractivity contribution in [2.24, 2.45) is 5.41 Å². The zero-order chi connectivity index (χ0) is 31.1. The first-order chi connectivity index (χ1) is 21.3. The molecule has 8 nitrogen and oxygen atoms in total. The number of aryl methyl sites for hydroxylation is 3. The summed E-state index contributed by atoms with van der Waals surface area (Å²) in [5, 5.41) is 8.61. The van der Waals surface area contributed by atoms with Crippen molar-refractivity contribution in [3.63, 3.8) is 0 Å². The molecule has 0 N–H and O–H groups in total. The number of ether oxygens (including phenoxy) is 2. The Morgan fingerprint density at radius 2 is 1.95 bits per heavy atom. The predicted molar refractivity (Wildman–Crippen MR) is 171 cm³/mol. The number of hydrogen-bond acceptors (Lipinski definition) is 7. The first-order valence-corrected chi connectivity index (χ1v) is 15.8. The van der Waals surface area contributed by atoms with Gasteiger partial charge in [0.25, 0.3) is 0 Å². The van der Waals surface area contributed by atoms with E-state index < -0.39 is 5.41 Å². The molecular weight excluding hydrogens is 550 g/mol. The van der Waals surface area contributed by atoms with Gasteiger partial charge in [-0.3, -0.25) is 19.4 Å². The third kappa shape index (κ3) is 7.53. The van der Waals surface area contributed by atoms with Crippen LogP contribution in [-0.2, 0) is 42.2 Å². The van der Waals surface area contributed by atoms with Gasteiger partial charge in [0.1, 0.15) is 18.5 Å². The summed E-state index contributed by atoms with van der Waals surface area (Å²) in [6.07, 6.45) is 8.15. The number of hydrogen-bond donors (Lipinski definition) is 0. The van der Waals surface area contributed by atoms with Crippen LogP contribution in [0.3, 0.4) is 0 Å². The summed E-state index contributed by atoms with van der Waals surface area (Å²) in [6.45, 7) is 13.9. The molecule has 0 aliphatic carbocycles. The topological polar surface area (TPSA) is 82.4 Å². The van der Waals surface area contributed by atoms with E-state index in [-0.39, 0.29) is 24.6 Å². The summed E-state index contributed by atoms with van der Waals surface area (Å²) in [7, 11) is 0. The van der Waals surface area contributed by atoms with E-state index in [4.69, 9.17) is 9.47 Å². The predicted octanol–water partition coefficient (Wildman–Crippen LogP) is 6.66. The summed E-state index contributed by atoms with van der Waals surface area (Å²) in [4.78, 5) is 20.5. The van der Waals surface area contributed by atoms with Crippen molar-refractivity contribution in [1.82, 2.24) is 24.9 Å². The van der Waals surface area contributed by atoms with E-state index in [1.807, 2.05) is 67.5 Å². The molecule has 1 aliphatic rings. The lowest BCUT2D eigenvalue weighted by atomic mass is 9.72. The molecule has 0 saturated carbocycles. The molecule has 0 amide bonds. The molecule has 0 spiro atoms. The van der Waals surface area contributed by atoms with Crippen molar-refractivity contribution in [2.75, 3.05) is 6.54 Å². The number of aromatic nitrogens is 4. The highest BCUT2D eigenvalue weighted by Crippen LogP contribution is 2.41. The number of nitrogens with zero attached hydrogens (tertiary/aromatic N) is 5. The highest BCUT2D eigenvalue weighted by molar-refractivity contribution is 5.77. The number of carbonyl (C=O) groups excluding carboxylic acids is 1. The Bertz CT molecular complexity index is 1530. The van der Waals surface area contributed by atoms with Crippen LogP contribution >= 0.6 is 0 Å². The van der Waals surface area contributed by atoms with Gasteiger partial charge in [-0.2, -0.15) is 0 Å². The molecule has 0 fully saturated rings. The van der Waals surface area contributed by atoms with Crippen LogP contribution in [-0.4, -0.2) is 43.5 Å².